The Hall–Kier alpha value is -2.22. The van der Waals surface area contributed by atoms with Gasteiger partial charge in [-0.2, -0.15) is 0 Å². The number of aromatic nitrogens is 2. The Bertz CT molecular complexity index is 854. The number of carbonyl (C=O) groups is 1. The first-order chi connectivity index (χ1) is 13.1. The molecule has 0 spiro atoms. The third-order valence-corrected chi connectivity index (χ3v) is 5.22. The molecule has 0 bridgehead atoms. The first kappa shape index (κ1) is 18.2. The quantitative estimate of drug-likeness (QED) is 0.816. The molecular formula is C19H22ClN5O2. The highest BCUT2D eigenvalue weighted by atomic mass is 35.5. The molecule has 1 fully saturated rings. The van der Waals surface area contributed by atoms with Gasteiger partial charge in [0.25, 0.3) is 0 Å². The zero-order chi connectivity index (χ0) is 18.8. The monoisotopic (exact) mass is 387 g/mol. The Morgan fingerprint density at radius 3 is 2.85 bits per heavy atom. The molecule has 142 valence electrons. The number of halogens is 1. The highest BCUT2D eigenvalue weighted by Gasteiger charge is 2.21. The standard InChI is InChI=1S/C19H22ClN5O2/c20-16-8-22-19(23-15-3-5-27-6-4-15)24-18(16)12-1-2-13-9-25(11-17(21)26)10-14(13)7-12/h1-2,7-8,15H,3-6,9-11H2,(H2,21,26)(H,22,23,24). The van der Waals surface area contributed by atoms with E-state index in [0.717, 1.165) is 38.2 Å². The fourth-order valence-corrected chi connectivity index (χ4v) is 3.81. The summed E-state index contributed by atoms with van der Waals surface area (Å²) in [7, 11) is 0. The number of primary amides is 1. The van der Waals surface area contributed by atoms with E-state index in [2.05, 4.69) is 27.4 Å². The summed E-state index contributed by atoms with van der Waals surface area (Å²) in [6.07, 6.45) is 3.52. The van der Waals surface area contributed by atoms with Gasteiger partial charge in [0.1, 0.15) is 0 Å². The van der Waals surface area contributed by atoms with Crippen molar-refractivity contribution in [3.05, 3.63) is 40.5 Å². The summed E-state index contributed by atoms with van der Waals surface area (Å²) in [5.41, 5.74) is 9.33. The van der Waals surface area contributed by atoms with Crippen molar-refractivity contribution in [2.24, 2.45) is 5.73 Å². The molecular weight excluding hydrogens is 366 g/mol. The van der Waals surface area contributed by atoms with Crippen LogP contribution in [0.3, 0.4) is 0 Å². The van der Waals surface area contributed by atoms with E-state index < -0.39 is 0 Å². The summed E-state index contributed by atoms with van der Waals surface area (Å²) < 4.78 is 5.39. The average Bonchev–Trinajstić information content (AvgIpc) is 3.04. The van der Waals surface area contributed by atoms with Crippen LogP contribution in [0, 0.1) is 0 Å². The van der Waals surface area contributed by atoms with Crippen LogP contribution in [0.1, 0.15) is 24.0 Å². The van der Waals surface area contributed by atoms with Crippen molar-refractivity contribution < 1.29 is 9.53 Å². The number of anilines is 1. The molecule has 8 heteroatoms. The molecule has 0 radical (unpaired) electrons. The first-order valence-electron chi connectivity index (χ1n) is 9.08. The fraction of sp³-hybridized carbons (Fsp3) is 0.421. The molecule has 2 aliphatic rings. The van der Waals surface area contributed by atoms with Crippen molar-refractivity contribution in [3.8, 4) is 11.3 Å². The molecule has 2 aromatic rings. The number of fused-ring (bicyclic) bond motifs is 1. The number of carbonyl (C=O) groups excluding carboxylic acids is 1. The first-order valence-corrected chi connectivity index (χ1v) is 9.46. The summed E-state index contributed by atoms with van der Waals surface area (Å²) in [4.78, 5) is 22.2. The lowest BCUT2D eigenvalue weighted by Gasteiger charge is -2.23. The third-order valence-electron chi connectivity index (χ3n) is 4.95. The minimum absolute atomic E-state index is 0.261. The second-order valence-corrected chi connectivity index (χ2v) is 7.42. The SMILES string of the molecule is NC(=O)CN1Cc2ccc(-c3nc(NC4CCOCC4)ncc3Cl)cc2C1. The Morgan fingerprint density at radius 2 is 2.07 bits per heavy atom. The fourth-order valence-electron chi connectivity index (χ4n) is 3.61. The minimum Gasteiger partial charge on any atom is -0.381 e. The van der Waals surface area contributed by atoms with Crippen LogP contribution < -0.4 is 11.1 Å². The molecule has 1 aromatic heterocycles. The van der Waals surface area contributed by atoms with Gasteiger partial charge in [-0.25, -0.2) is 9.97 Å². The largest absolute Gasteiger partial charge is 0.381 e. The van der Waals surface area contributed by atoms with E-state index in [1.54, 1.807) is 6.20 Å². The molecule has 0 aliphatic carbocycles. The van der Waals surface area contributed by atoms with Gasteiger partial charge in [0, 0.05) is 37.9 Å². The van der Waals surface area contributed by atoms with Crippen LogP contribution in [0.2, 0.25) is 5.02 Å². The van der Waals surface area contributed by atoms with Crippen LogP contribution in [0.15, 0.2) is 24.4 Å². The lowest BCUT2D eigenvalue weighted by atomic mass is 10.0. The van der Waals surface area contributed by atoms with E-state index in [-0.39, 0.29) is 12.5 Å². The number of hydrogen-bond acceptors (Lipinski definition) is 6. The van der Waals surface area contributed by atoms with Gasteiger partial charge in [0.2, 0.25) is 11.9 Å². The maximum atomic E-state index is 11.2. The molecule has 27 heavy (non-hydrogen) atoms. The molecule has 1 saturated heterocycles. The van der Waals surface area contributed by atoms with Crippen molar-refractivity contribution in [1.29, 1.82) is 0 Å². The molecule has 7 nitrogen and oxygen atoms in total. The van der Waals surface area contributed by atoms with Gasteiger partial charge >= 0.3 is 0 Å². The van der Waals surface area contributed by atoms with E-state index in [9.17, 15) is 4.79 Å². The predicted octanol–water partition coefficient (Wildman–Crippen LogP) is 2.19. The van der Waals surface area contributed by atoms with Gasteiger partial charge in [-0.3, -0.25) is 9.69 Å². The van der Waals surface area contributed by atoms with E-state index >= 15 is 0 Å². The number of nitrogens with zero attached hydrogens (tertiary/aromatic N) is 3. The molecule has 0 unspecified atom stereocenters. The number of hydrogen-bond donors (Lipinski definition) is 2. The van der Waals surface area contributed by atoms with Crippen molar-refractivity contribution in [2.75, 3.05) is 25.1 Å². The van der Waals surface area contributed by atoms with Gasteiger partial charge in [-0.15, -0.1) is 0 Å². The normalized spacial score (nSPS) is 17.7. The van der Waals surface area contributed by atoms with Crippen LogP contribution in [-0.4, -0.2) is 46.6 Å². The molecule has 0 saturated carbocycles. The number of ether oxygens (including phenoxy) is 1. The van der Waals surface area contributed by atoms with Crippen molar-refractivity contribution in [1.82, 2.24) is 14.9 Å². The zero-order valence-electron chi connectivity index (χ0n) is 14.9. The van der Waals surface area contributed by atoms with Crippen molar-refractivity contribution >= 4 is 23.5 Å². The Labute approximate surface area is 162 Å². The molecule has 3 heterocycles. The van der Waals surface area contributed by atoms with Crippen LogP contribution >= 0.6 is 11.6 Å². The predicted molar refractivity (Wildman–Crippen MR) is 103 cm³/mol. The lowest BCUT2D eigenvalue weighted by molar-refractivity contribution is -0.119. The van der Waals surface area contributed by atoms with Crippen LogP contribution in [0.5, 0.6) is 0 Å². The van der Waals surface area contributed by atoms with E-state index in [1.165, 1.54) is 11.1 Å². The van der Waals surface area contributed by atoms with Gasteiger partial charge in [-0.05, 0) is 30.0 Å². The Kier molecular flexibility index (Phi) is 5.24. The van der Waals surface area contributed by atoms with Crippen LogP contribution in [0.25, 0.3) is 11.3 Å². The van der Waals surface area contributed by atoms with Gasteiger partial charge in [0.05, 0.1) is 23.5 Å². The van der Waals surface area contributed by atoms with Crippen LogP contribution in [-0.2, 0) is 22.6 Å². The second kappa shape index (κ2) is 7.80. The number of amides is 1. The van der Waals surface area contributed by atoms with Crippen molar-refractivity contribution in [3.63, 3.8) is 0 Å². The lowest BCUT2D eigenvalue weighted by Crippen LogP contribution is -2.29. The zero-order valence-corrected chi connectivity index (χ0v) is 15.7. The third kappa shape index (κ3) is 4.21. The summed E-state index contributed by atoms with van der Waals surface area (Å²) in [6, 6.07) is 6.48. The topological polar surface area (TPSA) is 93.4 Å². The number of rotatable bonds is 5. The summed E-state index contributed by atoms with van der Waals surface area (Å²) >= 11 is 6.38. The van der Waals surface area contributed by atoms with Gasteiger partial charge in [0.15, 0.2) is 0 Å². The molecule has 1 amide bonds. The van der Waals surface area contributed by atoms with Gasteiger partial charge in [-0.1, -0.05) is 23.7 Å². The van der Waals surface area contributed by atoms with Crippen molar-refractivity contribution in [2.45, 2.75) is 32.0 Å². The molecule has 1 aromatic carbocycles. The number of nitrogens with one attached hydrogen (secondary N) is 1. The average molecular weight is 388 g/mol. The number of benzene rings is 1. The Balaban J connectivity index is 1.55. The van der Waals surface area contributed by atoms with E-state index in [0.29, 0.717) is 29.3 Å². The highest BCUT2D eigenvalue weighted by Crippen LogP contribution is 2.31. The minimum atomic E-state index is -0.314. The summed E-state index contributed by atoms with van der Waals surface area (Å²) in [5.74, 6) is 0.267. The highest BCUT2D eigenvalue weighted by molar-refractivity contribution is 6.32. The van der Waals surface area contributed by atoms with Crippen LogP contribution in [0.4, 0.5) is 5.95 Å². The Morgan fingerprint density at radius 1 is 1.30 bits per heavy atom. The van der Waals surface area contributed by atoms with E-state index in [4.69, 9.17) is 22.1 Å². The molecule has 2 aliphatic heterocycles. The second-order valence-electron chi connectivity index (χ2n) is 7.02. The summed E-state index contributed by atoms with van der Waals surface area (Å²) in [6.45, 7) is 3.20. The van der Waals surface area contributed by atoms with Gasteiger partial charge < -0.3 is 15.8 Å². The smallest absolute Gasteiger partial charge is 0.231 e. The molecule has 4 rings (SSSR count). The summed E-state index contributed by atoms with van der Waals surface area (Å²) in [5, 5.41) is 3.89. The van der Waals surface area contributed by atoms with E-state index in [1.807, 2.05) is 11.0 Å². The maximum absolute atomic E-state index is 11.2. The number of nitrogens with two attached hydrogens (primary N) is 1. The molecule has 0 atom stereocenters. The maximum Gasteiger partial charge on any atom is 0.231 e. The molecule has 3 N–H and O–H groups in total.